The molecule has 1 fully saturated rings. The summed E-state index contributed by atoms with van der Waals surface area (Å²) in [5.41, 5.74) is 0. The van der Waals surface area contributed by atoms with Crippen LogP contribution < -0.4 is 0 Å². The van der Waals surface area contributed by atoms with Gasteiger partial charge in [-0.15, -0.1) is 11.8 Å². The molecule has 0 spiro atoms. The molecule has 0 aromatic carbocycles. The maximum atomic E-state index is 10.8. The van der Waals surface area contributed by atoms with Crippen molar-refractivity contribution in [1.29, 1.82) is 0 Å². The van der Waals surface area contributed by atoms with Crippen molar-refractivity contribution in [3.8, 4) is 0 Å². The van der Waals surface area contributed by atoms with E-state index in [4.69, 9.17) is 9.63 Å². The molecule has 1 aliphatic carbocycles. The predicted octanol–water partition coefficient (Wildman–Crippen LogP) is 2.04. The van der Waals surface area contributed by atoms with Crippen molar-refractivity contribution in [3.05, 3.63) is 11.7 Å². The largest absolute Gasteiger partial charge is 0.480 e. The molecule has 2 rings (SSSR count). The number of aliphatic carboxylic acids is 1. The van der Waals surface area contributed by atoms with Crippen LogP contribution in [0.15, 0.2) is 4.52 Å². The van der Waals surface area contributed by atoms with Gasteiger partial charge < -0.3 is 9.63 Å². The van der Waals surface area contributed by atoms with Gasteiger partial charge in [0.15, 0.2) is 5.82 Å². The molecule has 0 aliphatic heterocycles. The summed E-state index contributed by atoms with van der Waals surface area (Å²) in [4.78, 5) is 15.0. The molecule has 1 aromatic rings. The molecule has 1 aliphatic rings. The zero-order chi connectivity index (χ0) is 11.5. The summed E-state index contributed by atoms with van der Waals surface area (Å²) in [6, 6.07) is 0. The molecule has 1 heterocycles. The Balaban J connectivity index is 1.85. The van der Waals surface area contributed by atoms with Gasteiger partial charge in [-0.1, -0.05) is 12.1 Å². The van der Waals surface area contributed by atoms with E-state index < -0.39 is 5.97 Å². The lowest BCUT2D eigenvalue weighted by atomic mass is 10.3. The number of nitrogens with zero attached hydrogens (tertiary/aromatic N) is 2. The van der Waals surface area contributed by atoms with Crippen molar-refractivity contribution in [2.24, 2.45) is 0 Å². The normalized spacial score (nSPS) is 17.3. The zero-order valence-corrected chi connectivity index (χ0v) is 9.87. The lowest BCUT2D eigenvalue weighted by Gasteiger charge is -2.06. The number of carboxylic acids is 1. The molecule has 1 saturated carbocycles. The molecule has 88 valence electrons. The smallest absolute Gasteiger partial charge is 0.316 e. The standard InChI is InChI=1S/C10H14N2O3S/c1-2-7(10(13)14)16-5-8-11-9(15-12-8)6-3-4-6/h6-7H,2-5H2,1H3,(H,13,14). The molecular formula is C10H14N2O3S. The Morgan fingerprint density at radius 3 is 3.00 bits per heavy atom. The average Bonchev–Trinajstić information content (AvgIpc) is 3.00. The summed E-state index contributed by atoms with van der Waals surface area (Å²) in [6.45, 7) is 1.86. The van der Waals surface area contributed by atoms with Gasteiger partial charge >= 0.3 is 5.97 Å². The first-order valence-corrected chi connectivity index (χ1v) is 6.42. The van der Waals surface area contributed by atoms with Crippen LogP contribution in [0.1, 0.15) is 43.8 Å². The zero-order valence-electron chi connectivity index (χ0n) is 9.05. The first-order chi connectivity index (χ1) is 7.70. The summed E-state index contributed by atoms with van der Waals surface area (Å²) < 4.78 is 5.09. The first kappa shape index (κ1) is 11.4. The molecule has 1 unspecified atom stereocenters. The van der Waals surface area contributed by atoms with Crippen LogP contribution in [0.2, 0.25) is 0 Å². The van der Waals surface area contributed by atoms with Crippen molar-refractivity contribution in [2.75, 3.05) is 0 Å². The van der Waals surface area contributed by atoms with E-state index in [1.165, 1.54) is 11.8 Å². The fourth-order valence-corrected chi connectivity index (χ4v) is 2.21. The van der Waals surface area contributed by atoms with E-state index >= 15 is 0 Å². The second-order valence-corrected chi connectivity index (χ2v) is 5.06. The molecular weight excluding hydrogens is 228 g/mol. The second-order valence-electron chi connectivity index (χ2n) is 3.87. The third-order valence-corrected chi connectivity index (χ3v) is 3.83. The highest BCUT2D eigenvalue weighted by atomic mass is 32.2. The number of aromatic nitrogens is 2. The van der Waals surface area contributed by atoms with E-state index in [-0.39, 0.29) is 5.25 Å². The molecule has 1 aromatic heterocycles. The quantitative estimate of drug-likeness (QED) is 0.822. The molecule has 1 atom stereocenters. The highest BCUT2D eigenvalue weighted by Gasteiger charge is 2.29. The highest BCUT2D eigenvalue weighted by molar-refractivity contribution is 7.99. The lowest BCUT2D eigenvalue weighted by molar-refractivity contribution is -0.136. The Bertz CT molecular complexity index is 376. The third-order valence-electron chi connectivity index (χ3n) is 2.47. The minimum Gasteiger partial charge on any atom is -0.480 e. The van der Waals surface area contributed by atoms with Gasteiger partial charge in [0.05, 0.1) is 5.75 Å². The number of rotatable bonds is 6. The fourth-order valence-electron chi connectivity index (χ4n) is 1.36. The van der Waals surface area contributed by atoms with E-state index in [0.29, 0.717) is 29.8 Å². The summed E-state index contributed by atoms with van der Waals surface area (Å²) >= 11 is 1.34. The molecule has 5 nitrogen and oxygen atoms in total. The minimum atomic E-state index is -0.779. The van der Waals surface area contributed by atoms with E-state index in [1.807, 2.05) is 6.92 Å². The Kier molecular flexibility index (Phi) is 3.48. The van der Waals surface area contributed by atoms with Gasteiger partial charge in [-0.05, 0) is 19.3 Å². The monoisotopic (exact) mass is 242 g/mol. The van der Waals surface area contributed by atoms with Gasteiger partial charge in [0.2, 0.25) is 5.89 Å². The second kappa shape index (κ2) is 4.86. The summed E-state index contributed by atoms with van der Waals surface area (Å²) in [5, 5.41) is 12.3. The van der Waals surface area contributed by atoms with Crippen LogP contribution in [0.25, 0.3) is 0 Å². The van der Waals surface area contributed by atoms with Crippen LogP contribution in [0.3, 0.4) is 0 Å². The molecule has 0 bridgehead atoms. The van der Waals surface area contributed by atoms with E-state index in [0.717, 1.165) is 12.8 Å². The predicted molar refractivity (Wildman–Crippen MR) is 59.3 cm³/mol. The van der Waals surface area contributed by atoms with Crippen LogP contribution in [0.4, 0.5) is 0 Å². The number of carboxylic acid groups (broad SMARTS) is 1. The lowest BCUT2D eigenvalue weighted by Crippen LogP contribution is -2.15. The maximum Gasteiger partial charge on any atom is 0.316 e. The summed E-state index contributed by atoms with van der Waals surface area (Å²) in [6.07, 6.45) is 2.86. The van der Waals surface area contributed by atoms with Crippen molar-refractivity contribution < 1.29 is 14.4 Å². The van der Waals surface area contributed by atoms with Crippen molar-refractivity contribution in [2.45, 2.75) is 43.1 Å². The summed E-state index contributed by atoms with van der Waals surface area (Å²) in [7, 11) is 0. The van der Waals surface area contributed by atoms with Gasteiger partial charge in [0.25, 0.3) is 0 Å². The molecule has 0 amide bonds. The summed E-state index contributed by atoms with van der Waals surface area (Å²) in [5.74, 6) is 1.48. The van der Waals surface area contributed by atoms with Crippen molar-refractivity contribution in [3.63, 3.8) is 0 Å². The average molecular weight is 242 g/mol. The topological polar surface area (TPSA) is 76.2 Å². The Morgan fingerprint density at radius 1 is 1.69 bits per heavy atom. The molecule has 16 heavy (non-hydrogen) atoms. The Hall–Kier alpha value is -1.04. The molecule has 0 saturated heterocycles. The van der Waals surface area contributed by atoms with Crippen molar-refractivity contribution >= 4 is 17.7 Å². The Labute approximate surface area is 97.6 Å². The van der Waals surface area contributed by atoms with Crippen LogP contribution in [0.5, 0.6) is 0 Å². The SMILES string of the molecule is CCC(SCc1noc(C2CC2)n1)C(=O)O. The maximum absolute atomic E-state index is 10.8. The number of hydrogen-bond acceptors (Lipinski definition) is 5. The fraction of sp³-hybridized carbons (Fsp3) is 0.700. The van der Waals surface area contributed by atoms with E-state index in [2.05, 4.69) is 10.1 Å². The first-order valence-electron chi connectivity index (χ1n) is 5.37. The highest BCUT2D eigenvalue weighted by Crippen LogP contribution is 2.39. The van der Waals surface area contributed by atoms with Crippen LogP contribution >= 0.6 is 11.8 Å². The van der Waals surface area contributed by atoms with Gasteiger partial charge in [-0.2, -0.15) is 4.98 Å². The van der Waals surface area contributed by atoms with Crippen molar-refractivity contribution in [1.82, 2.24) is 10.1 Å². The number of hydrogen-bond donors (Lipinski definition) is 1. The number of thioether (sulfide) groups is 1. The van der Waals surface area contributed by atoms with Crippen LogP contribution in [-0.4, -0.2) is 26.5 Å². The van der Waals surface area contributed by atoms with Crippen LogP contribution in [-0.2, 0) is 10.5 Å². The van der Waals surface area contributed by atoms with E-state index in [1.54, 1.807) is 0 Å². The van der Waals surface area contributed by atoms with Crippen LogP contribution in [0, 0.1) is 0 Å². The van der Waals surface area contributed by atoms with Gasteiger partial charge in [-0.25, -0.2) is 0 Å². The van der Waals surface area contributed by atoms with Gasteiger partial charge in [0.1, 0.15) is 5.25 Å². The molecule has 6 heteroatoms. The molecule has 0 radical (unpaired) electrons. The van der Waals surface area contributed by atoms with Gasteiger partial charge in [0, 0.05) is 5.92 Å². The molecule has 1 N–H and O–H groups in total. The number of carbonyl (C=O) groups is 1. The minimum absolute atomic E-state index is 0.386. The van der Waals surface area contributed by atoms with Gasteiger partial charge in [-0.3, -0.25) is 4.79 Å². The third kappa shape index (κ3) is 2.75. The van der Waals surface area contributed by atoms with E-state index in [9.17, 15) is 4.79 Å². The Morgan fingerprint density at radius 2 is 2.44 bits per heavy atom.